The fourth-order valence-corrected chi connectivity index (χ4v) is 3.72. The van der Waals surface area contributed by atoms with Crippen molar-refractivity contribution >= 4 is 27.6 Å². The normalized spacial score (nSPS) is 11.8. The molecule has 0 fully saturated rings. The number of aliphatic imine (C=N–C) groups is 1. The highest BCUT2D eigenvalue weighted by Gasteiger charge is 2.18. The molecule has 7 nitrogen and oxygen atoms in total. The van der Waals surface area contributed by atoms with E-state index in [1.165, 1.54) is 7.11 Å². The molecule has 2 aromatic rings. The maximum absolute atomic E-state index is 12.8. The maximum atomic E-state index is 12.8. The molecule has 0 bridgehead atoms. The predicted molar refractivity (Wildman–Crippen MR) is 119 cm³/mol. The van der Waals surface area contributed by atoms with Crippen LogP contribution in [-0.4, -0.2) is 34.0 Å². The number of esters is 1. The molecule has 0 aromatic heterocycles. The molecule has 0 amide bonds. The van der Waals surface area contributed by atoms with Gasteiger partial charge in [0.15, 0.2) is 0 Å². The van der Waals surface area contributed by atoms with E-state index in [9.17, 15) is 13.2 Å². The lowest BCUT2D eigenvalue weighted by Gasteiger charge is -2.15. The number of carbonyl (C=O) groups excluding carboxylic acids is 1. The topological polar surface area (TPSA) is 96.9 Å². The monoisotopic (exact) mass is 431 g/mol. The summed E-state index contributed by atoms with van der Waals surface area (Å²) in [6.07, 6.45) is 4.04. The van der Waals surface area contributed by atoms with Crippen LogP contribution in [0.3, 0.4) is 0 Å². The molecule has 2 rings (SSSR count). The van der Waals surface area contributed by atoms with E-state index in [1.54, 1.807) is 48.5 Å². The number of sulfonamides is 1. The van der Waals surface area contributed by atoms with Gasteiger partial charge in [0.05, 0.1) is 23.3 Å². The summed E-state index contributed by atoms with van der Waals surface area (Å²) in [5.74, 6) is -0.467. The van der Waals surface area contributed by atoms with Crippen molar-refractivity contribution in [2.24, 2.45) is 4.99 Å². The van der Waals surface area contributed by atoms with E-state index >= 15 is 0 Å². The Labute approximate surface area is 178 Å². The lowest BCUT2D eigenvalue weighted by Crippen LogP contribution is -2.36. The molecule has 0 atom stereocenters. The first-order valence-corrected chi connectivity index (χ1v) is 11.4. The number of anilines is 1. The average molecular weight is 432 g/mol. The first-order chi connectivity index (χ1) is 14.4. The number of nitrogens with zero attached hydrogens (tertiary/aromatic N) is 1. The van der Waals surface area contributed by atoms with Crippen LogP contribution >= 0.6 is 0 Å². The molecule has 0 saturated heterocycles. The van der Waals surface area contributed by atoms with E-state index in [-0.39, 0.29) is 16.4 Å². The molecule has 162 valence electrons. The molecule has 0 aliphatic carbocycles. The number of nitrogens with one attached hydrogen (secondary N) is 2. The number of hydrogen-bond acceptors (Lipinski definition) is 5. The highest BCUT2D eigenvalue weighted by atomic mass is 32.2. The first kappa shape index (κ1) is 23.4. The molecular formula is C22H29N3O4S. The number of methoxy groups -OCH3 is 1. The molecule has 30 heavy (non-hydrogen) atoms. The third-order valence-electron chi connectivity index (χ3n) is 4.43. The number of rotatable bonds is 9. The summed E-state index contributed by atoms with van der Waals surface area (Å²) in [4.78, 5) is 16.6. The zero-order chi connectivity index (χ0) is 22.0. The molecule has 2 N–H and O–H groups in total. The van der Waals surface area contributed by atoms with Crippen LogP contribution in [0.25, 0.3) is 0 Å². The van der Waals surface area contributed by atoms with Gasteiger partial charge in [-0.25, -0.2) is 17.9 Å². The summed E-state index contributed by atoms with van der Waals surface area (Å²) >= 11 is 0. The zero-order valence-corrected chi connectivity index (χ0v) is 18.5. The van der Waals surface area contributed by atoms with Crippen molar-refractivity contribution in [3.8, 4) is 0 Å². The van der Waals surface area contributed by atoms with Crippen LogP contribution in [0, 0.1) is 6.92 Å². The van der Waals surface area contributed by atoms with E-state index in [4.69, 9.17) is 4.74 Å². The molecule has 0 unspecified atom stereocenters. The lowest BCUT2D eigenvalue weighted by atomic mass is 10.2. The molecule has 0 aliphatic heterocycles. The molecular weight excluding hydrogens is 402 g/mol. The van der Waals surface area contributed by atoms with E-state index in [0.29, 0.717) is 12.2 Å². The summed E-state index contributed by atoms with van der Waals surface area (Å²) < 4.78 is 33.0. The third-order valence-corrected chi connectivity index (χ3v) is 5.78. The van der Waals surface area contributed by atoms with Gasteiger partial charge >= 0.3 is 5.97 Å². The number of ether oxygens (including phenoxy) is 1. The van der Waals surface area contributed by atoms with Gasteiger partial charge in [-0.3, -0.25) is 4.99 Å². The number of guanidine groups is 1. The maximum Gasteiger partial charge on any atom is 0.339 e. The van der Waals surface area contributed by atoms with Gasteiger partial charge in [-0.15, -0.1) is 0 Å². The summed E-state index contributed by atoms with van der Waals surface area (Å²) in [5.41, 5.74) is 1.65. The van der Waals surface area contributed by atoms with Gasteiger partial charge in [0.1, 0.15) is 0 Å². The van der Waals surface area contributed by atoms with Gasteiger partial charge in [0, 0.05) is 6.54 Å². The van der Waals surface area contributed by atoms with Gasteiger partial charge in [-0.2, -0.15) is 0 Å². The Hall–Kier alpha value is -2.87. The first-order valence-electron chi connectivity index (χ1n) is 9.95. The van der Waals surface area contributed by atoms with Crippen molar-refractivity contribution in [1.82, 2.24) is 4.72 Å². The summed E-state index contributed by atoms with van der Waals surface area (Å²) in [6.45, 7) is 4.47. The number of hydrogen-bond donors (Lipinski definition) is 2. The second-order valence-corrected chi connectivity index (χ2v) is 8.55. The lowest BCUT2D eigenvalue weighted by molar-refractivity contribution is 0.0602. The van der Waals surface area contributed by atoms with E-state index in [0.717, 1.165) is 31.2 Å². The van der Waals surface area contributed by atoms with Crippen molar-refractivity contribution in [1.29, 1.82) is 0 Å². The van der Waals surface area contributed by atoms with Crippen molar-refractivity contribution in [3.05, 3.63) is 59.7 Å². The van der Waals surface area contributed by atoms with Crippen molar-refractivity contribution in [2.75, 3.05) is 19.0 Å². The standard InChI is InChI=1S/C22H29N3O4S/c1-4-5-6-9-16-23-22(24-20-11-8-7-10-19(20)21(26)29-3)25-30(27,28)18-14-12-17(2)13-15-18/h7-8,10-15H,4-6,9,16H2,1-3H3,(H2,23,24,25). The summed E-state index contributed by atoms with van der Waals surface area (Å²) in [6, 6.07) is 13.3. The fraction of sp³-hybridized carbons (Fsp3) is 0.364. The largest absolute Gasteiger partial charge is 0.465 e. The summed E-state index contributed by atoms with van der Waals surface area (Å²) in [7, 11) is -2.55. The molecule has 8 heteroatoms. The van der Waals surface area contributed by atoms with E-state index in [1.807, 2.05) is 6.92 Å². The Balaban J connectivity index is 2.28. The van der Waals surface area contributed by atoms with Gasteiger partial charge < -0.3 is 10.1 Å². The minimum atomic E-state index is -3.84. The van der Waals surface area contributed by atoms with Crippen LogP contribution in [-0.2, 0) is 14.8 Å². The minimum absolute atomic E-state index is 0.0587. The number of unbranched alkanes of at least 4 members (excludes halogenated alkanes) is 3. The van der Waals surface area contributed by atoms with E-state index in [2.05, 4.69) is 22.0 Å². The number of aryl methyl sites for hydroxylation is 1. The van der Waals surface area contributed by atoms with Gasteiger partial charge in [0.25, 0.3) is 10.0 Å². The van der Waals surface area contributed by atoms with Crippen LogP contribution in [0.4, 0.5) is 5.69 Å². The Kier molecular flexibility index (Phi) is 8.86. The number of carbonyl (C=O) groups is 1. The van der Waals surface area contributed by atoms with Crippen LogP contribution in [0.1, 0.15) is 48.5 Å². The fourth-order valence-electron chi connectivity index (χ4n) is 2.74. The SMILES string of the molecule is CCCCCCN=C(Nc1ccccc1C(=O)OC)NS(=O)(=O)c1ccc(C)cc1. The van der Waals surface area contributed by atoms with Crippen molar-refractivity contribution in [2.45, 2.75) is 44.4 Å². The van der Waals surface area contributed by atoms with Gasteiger partial charge in [0.2, 0.25) is 5.96 Å². The minimum Gasteiger partial charge on any atom is -0.465 e. The zero-order valence-electron chi connectivity index (χ0n) is 17.6. The van der Waals surface area contributed by atoms with Crippen LogP contribution in [0.2, 0.25) is 0 Å². The molecule has 0 aliphatic rings. The quantitative estimate of drug-likeness (QED) is 0.270. The second kappa shape index (κ2) is 11.3. The van der Waals surface area contributed by atoms with Crippen molar-refractivity contribution in [3.63, 3.8) is 0 Å². The Bertz CT molecular complexity index is 970. The number of benzene rings is 2. The van der Waals surface area contributed by atoms with Crippen LogP contribution < -0.4 is 10.0 Å². The molecule has 2 aromatic carbocycles. The molecule has 0 saturated carbocycles. The predicted octanol–water partition coefficient (Wildman–Crippen LogP) is 4.11. The molecule has 0 radical (unpaired) electrons. The van der Waals surface area contributed by atoms with E-state index < -0.39 is 16.0 Å². The third kappa shape index (κ3) is 6.88. The van der Waals surface area contributed by atoms with Crippen LogP contribution in [0.15, 0.2) is 58.4 Å². The van der Waals surface area contributed by atoms with Gasteiger partial charge in [-0.1, -0.05) is 56.0 Å². The van der Waals surface area contributed by atoms with Gasteiger partial charge in [-0.05, 0) is 37.6 Å². The Morgan fingerprint density at radius 3 is 2.40 bits per heavy atom. The summed E-state index contributed by atoms with van der Waals surface area (Å²) in [5, 5.41) is 2.95. The highest BCUT2D eigenvalue weighted by molar-refractivity contribution is 7.90. The second-order valence-electron chi connectivity index (χ2n) is 6.87. The molecule has 0 spiro atoms. The Morgan fingerprint density at radius 1 is 1.03 bits per heavy atom. The van der Waals surface area contributed by atoms with Crippen molar-refractivity contribution < 1.29 is 17.9 Å². The highest BCUT2D eigenvalue weighted by Crippen LogP contribution is 2.17. The number of para-hydroxylation sites is 1. The smallest absolute Gasteiger partial charge is 0.339 e. The van der Waals surface area contributed by atoms with Crippen LogP contribution in [0.5, 0.6) is 0 Å². The Morgan fingerprint density at radius 2 is 1.73 bits per heavy atom. The molecule has 0 heterocycles. The average Bonchev–Trinajstić information content (AvgIpc) is 2.73.